The van der Waals surface area contributed by atoms with Crippen LogP contribution in [0.3, 0.4) is 0 Å². The predicted octanol–water partition coefficient (Wildman–Crippen LogP) is 3.48. The zero-order valence-corrected chi connectivity index (χ0v) is 20.8. The second-order valence-electron chi connectivity index (χ2n) is 10.5. The molecule has 10 heteroatoms. The molecule has 2 aromatic carbocycles. The number of allylic oxidation sites excluding steroid dienone is 2. The van der Waals surface area contributed by atoms with Gasteiger partial charge in [-0.3, -0.25) is 29.3 Å². The van der Waals surface area contributed by atoms with Crippen LogP contribution in [0.2, 0.25) is 0 Å². The van der Waals surface area contributed by atoms with Gasteiger partial charge in [-0.25, -0.2) is 4.90 Å². The highest BCUT2D eigenvalue weighted by Crippen LogP contribution is 2.53. The van der Waals surface area contributed by atoms with Crippen molar-refractivity contribution in [3.05, 3.63) is 69.8 Å². The molecule has 0 spiro atoms. The van der Waals surface area contributed by atoms with Crippen molar-refractivity contribution in [1.82, 2.24) is 0 Å². The van der Waals surface area contributed by atoms with E-state index >= 15 is 0 Å². The van der Waals surface area contributed by atoms with Gasteiger partial charge >= 0.3 is 5.97 Å². The minimum atomic E-state index is -0.744. The smallest absolute Gasteiger partial charge is 0.316 e. The van der Waals surface area contributed by atoms with Crippen LogP contribution in [0.1, 0.15) is 24.0 Å². The molecule has 0 aromatic heterocycles. The lowest BCUT2D eigenvalue weighted by Crippen LogP contribution is -2.33. The molecule has 1 saturated carbocycles. The molecule has 38 heavy (non-hydrogen) atoms. The van der Waals surface area contributed by atoms with Gasteiger partial charge in [0, 0.05) is 24.6 Å². The van der Waals surface area contributed by atoms with E-state index in [-0.39, 0.29) is 65.8 Å². The Kier molecular flexibility index (Phi) is 5.44. The summed E-state index contributed by atoms with van der Waals surface area (Å²) in [5.74, 6) is -2.13. The van der Waals surface area contributed by atoms with Crippen LogP contribution in [0.5, 0.6) is 5.75 Å². The summed E-state index contributed by atoms with van der Waals surface area (Å²) in [6, 6.07) is 9.28. The molecular formula is C28H25N3O7. The molecule has 3 amide bonds. The summed E-state index contributed by atoms with van der Waals surface area (Å²) in [6.45, 7) is 3.41. The average molecular weight is 516 g/mol. The molecule has 2 aliphatic carbocycles. The van der Waals surface area contributed by atoms with E-state index in [1.807, 2.05) is 12.2 Å². The molecule has 5 atom stereocenters. The third kappa shape index (κ3) is 3.62. The molecule has 2 aliphatic heterocycles. The largest absolute Gasteiger partial charge is 0.426 e. The molecule has 0 N–H and O–H groups in total. The second kappa shape index (κ2) is 8.61. The Hall–Kier alpha value is -4.34. The number of imide groups is 1. The molecule has 6 rings (SSSR count). The van der Waals surface area contributed by atoms with Crippen molar-refractivity contribution in [2.75, 3.05) is 16.3 Å². The number of carbonyl (C=O) groups is 4. The van der Waals surface area contributed by atoms with Crippen LogP contribution in [0.15, 0.2) is 48.6 Å². The summed E-state index contributed by atoms with van der Waals surface area (Å²) in [5.41, 5.74) is 1.84. The summed E-state index contributed by atoms with van der Waals surface area (Å²) in [5, 5.41) is 11.3. The fraction of sp³-hybridized carbons (Fsp3) is 0.357. The first-order valence-corrected chi connectivity index (χ1v) is 12.6. The lowest BCUT2D eigenvalue weighted by Gasteiger charge is -2.20. The third-order valence-corrected chi connectivity index (χ3v) is 8.26. The van der Waals surface area contributed by atoms with E-state index in [0.29, 0.717) is 22.5 Å². The van der Waals surface area contributed by atoms with Gasteiger partial charge in [-0.15, -0.1) is 0 Å². The van der Waals surface area contributed by atoms with E-state index in [2.05, 4.69) is 0 Å². The van der Waals surface area contributed by atoms with Gasteiger partial charge in [0.25, 0.3) is 5.69 Å². The Morgan fingerprint density at radius 3 is 2.29 bits per heavy atom. The number of nitro benzene ring substituents is 1. The topological polar surface area (TPSA) is 127 Å². The van der Waals surface area contributed by atoms with E-state index < -0.39 is 16.8 Å². The van der Waals surface area contributed by atoms with E-state index in [0.717, 1.165) is 6.42 Å². The number of hydrogen-bond donors (Lipinski definition) is 0. The number of rotatable bonds is 5. The van der Waals surface area contributed by atoms with Crippen LogP contribution in [0.25, 0.3) is 0 Å². The number of fused-ring (bicyclic) bond motifs is 5. The van der Waals surface area contributed by atoms with E-state index in [9.17, 15) is 29.3 Å². The standard InChI is InChI=1S/C28H25N3O7/c1-14-3-6-19(12-22(14)31(36)37)29-13-18(11-23(29)32)28(35)38-20-7-8-21(15(2)9-20)30-26(33)24-16-4-5-17(10-16)25(24)27(30)34/h3-9,12,16-18,24-25H,10-11,13H2,1-2H3/t16-,17-,18-,24-,25+/m0/s1. The maximum absolute atomic E-state index is 13.1. The number of benzene rings is 2. The van der Waals surface area contributed by atoms with Crippen LogP contribution < -0.4 is 14.5 Å². The van der Waals surface area contributed by atoms with Gasteiger partial charge in [-0.1, -0.05) is 18.2 Å². The summed E-state index contributed by atoms with van der Waals surface area (Å²) >= 11 is 0. The number of carbonyl (C=O) groups excluding carboxylic acids is 4. The Balaban J connectivity index is 1.15. The summed E-state index contributed by atoms with van der Waals surface area (Å²) in [7, 11) is 0. The third-order valence-electron chi connectivity index (χ3n) is 8.26. The molecule has 3 fully saturated rings. The molecular weight excluding hydrogens is 490 g/mol. The van der Waals surface area contributed by atoms with Crippen molar-refractivity contribution < 1.29 is 28.8 Å². The minimum absolute atomic E-state index is 0.0465. The number of esters is 1. The summed E-state index contributed by atoms with van der Waals surface area (Å²) in [4.78, 5) is 65.2. The number of amides is 3. The van der Waals surface area contributed by atoms with Crippen molar-refractivity contribution in [2.24, 2.45) is 29.6 Å². The Labute approximate surface area is 218 Å². The molecule has 0 radical (unpaired) electrons. The van der Waals surface area contributed by atoms with Gasteiger partial charge in [0.15, 0.2) is 0 Å². The molecule has 2 aromatic rings. The highest BCUT2D eigenvalue weighted by molar-refractivity contribution is 6.23. The van der Waals surface area contributed by atoms with Crippen LogP contribution in [-0.4, -0.2) is 35.2 Å². The first-order valence-electron chi connectivity index (χ1n) is 12.6. The van der Waals surface area contributed by atoms with Gasteiger partial charge in [0.2, 0.25) is 17.7 Å². The average Bonchev–Trinajstić information content (AvgIpc) is 3.64. The number of nitro groups is 1. The molecule has 4 aliphatic rings. The quantitative estimate of drug-likeness (QED) is 0.149. The monoisotopic (exact) mass is 515 g/mol. The molecule has 194 valence electrons. The van der Waals surface area contributed by atoms with Crippen molar-refractivity contribution >= 4 is 40.8 Å². The lowest BCUT2D eigenvalue weighted by molar-refractivity contribution is -0.385. The zero-order chi connectivity index (χ0) is 26.9. The number of anilines is 2. The fourth-order valence-corrected chi connectivity index (χ4v) is 6.36. The van der Waals surface area contributed by atoms with Gasteiger partial charge in [-0.2, -0.15) is 0 Å². The summed E-state index contributed by atoms with van der Waals surface area (Å²) < 4.78 is 5.56. The van der Waals surface area contributed by atoms with Crippen molar-refractivity contribution in [1.29, 1.82) is 0 Å². The first kappa shape index (κ1) is 24.0. The van der Waals surface area contributed by atoms with Crippen LogP contribution in [0, 0.1) is 53.6 Å². The van der Waals surface area contributed by atoms with Gasteiger partial charge < -0.3 is 9.64 Å². The van der Waals surface area contributed by atoms with Crippen LogP contribution in [0.4, 0.5) is 17.1 Å². The first-order chi connectivity index (χ1) is 18.1. The van der Waals surface area contributed by atoms with E-state index in [4.69, 9.17) is 4.74 Å². The maximum atomic E-state index is 13.1. The highest BCUT2D eigenvalue weighted by Gasteiger charge is 2.59. The maximum Gasteiger partial charge on any atom is 0.316 e. The Morgan fingerprint density at radius 2 is 1.66 bits per heavy atom. The molecule has 2 bridgehead atoms. The highest BCUT2D eigenvalue weighted by atomic mass is 16.6. The van der Waals surface area contributed by atoms with Crippen molar-refractivity contribution in [2.45, 2.75) is 26.7 Å². The SMILES string of the molecule is Cc1cc(OC(=O)[C@H]2CC(=O)N(c3ccc(C)c([N+](=O)[O-])c3)C2)ccc1N1C(=O)[C@@H]2[C@H](C1=O)[C@H]1C=C[C@H]2C1. The lowest BCUT2D eigenvalue weighted by atomic mass is 9.85. The fourth-order valence-electron chi connectivity index (χ4n) is 6.36. The van der Waals surface area contributed by atoms with Gasteiger partial charge in [0.1, 0.15) is 5.75 Å². The Morgan fingerprint density at radius 1 is 0.974 bits per heavy atom. The molecule has 10 nitrogen and oxygen atoms in total. The van der Waals surface area contributed by atoms with Crippen LogP contribution in [-0.2, 0) is 19.2 Å². The second-order valence-corrected chi connectivity index (χ2v) is 10.5. The predicted molar refractivity (Wildman–Crippen MR) is 135 cm³/mol. The van der Waals surface area contributed by atoms with Crippen molar-refractivity contribution in [3.8, 4) is 5.75 Å². The van der Waals surface area contributed by atoms with Crippen LogP contribution >= 0.6 is 0 Å². The zero-order valence-electron chi connectivity index (χ0n) is 20.8. The number of aryl methyl sites for hydroxylation is 2. The van der Waals surface area contributed by atoms with Gasteiger partial charge in [0.05, 0.1) is 34.1 Å². The molecule has 2 saturated heterocycles. The van der Waals surface area contributed by atoms with Gasteiger partial charge in [-0.05, 0) is 61.9 Å². The van der Waals surface area contributed by atoms with E-state index in [1.54, 1.807) is 44.2 Å². The molecule has 2 heterocycles. The van der Waals surface area contributed by atoms with Crippen molar-refractivity contribution in [3.63, 3.8) is 0 Å². The van der Waals surface area contributed by atoms with E-state index in [1.165, 1.54) is 15.9 Å². The molecule has 0 unspecified atom stereocenters. The number of hydrogen-bond acceptors (Lipinski definition) is 7. The number of nitrogens with zero attached hydrogens (tertiary/aromatic N) is 3. The Bertz CT molecular complexity index is 1430. The number of ether oxygens (including phenoxy) is 1. The summed E-state index contributed by atoms with van der Waals surface area (Å²) in [6.07, 6.45) is 4.87. The minimum Gasteiger partial charge on any atom is -0.426 e. The normalized spacial score (nSPS) is 27.4.